The smallest absolute Gasteiger partial charge is 0.335 e. The van der Waals surface area contributed by atoms with E-state index in [9.17, 15) is 4.79 Å². The molecule has 0 bridgehead atoms. The molecule has 0 saturated heterocycles. The average molecular weight is 249 g/mol. The van der Waals surface area contributed by atoms with Gasteiger partial charge in [-0.1, -0.05) is 26.7 Å². The van der Waals surface area contributed by atoms with Gasteiger partial charge in [0.05, 0.1) is 5.56 Å². The van der Waals surface area contributed by atoms with Crippen LogP contribution in [0.3, 0.4) is 0 Å². The van der Waals surface area contributed by atoms with Crippen LogP contribution < -0.4 is 4.90 Å². The van der Waals surface area contributed by atoms with Gasteiger partial charge < -0.3 is 10.0 Å². The first-order valence-electron chi connectivity index (χ1n) is 6.70. The molecular formula is C15H23NO2. The van der Waals surface area contributed by atoms with Gasteiger partial charge in [0.15, 0.2) is 0 Å². The molecular weight excluding hydrogens is 226 g/mol. The Labute approximate surface area is 109 Å². The first-order chi connectivity index (χ1) is 8.62. The molecule has 0 aromatic heterocycles. The van der Waals surface area contributed by atoms with Gasteiger partial charge >= 0.3 is 5.97 Å². The highest BCUT2D eigenvalue weighted by Gasteiger charge is 2.11. The lowest BCUT2D eigenvalue weighted by Crippen LogP contribution is -2.28. The predicted molar refractivity (Wildman–Crippen MR) is 75.4 cm³/mol. The molecule has 0 saturated carbocycles. The largest absolute Gasteiger partial charge is 0.478 e. The molecule has 0 aliphatic carbocycles. The standard InChI is InChI=1S/C15H23NO2/c1-4-12(5-2)11-16(6-3)14-9-7-13(8-10-14)15(17)18/h7-10,12H,4-6,11H2,1-3H3,(H,17,18). The van der Waals surface area contributed by atoms with Gasteiger partial charge in [-0.25, -0.2) is 4.79 Å². The van der Waals surface area contributed by atoms with Crippen molar-refractivity contribution in [3.63, 3.8) is 0 Å². The van der Waals surface area contributed by atoms with Crippen molar-refractivity contribution in [1.29, 1.82) is 0 Å². The second-order valence-electron chi connectivity index (χ2n) is 4.57. The first-order valence-corrected chi connectivity index (χ1v) is 6.70. The van der Waals surface area contributed by atoms with E-state index in [0.717, 1.165) is 18.8 Å². The number of carboxylic acid groups (broad SMARTS) is 1. The van der Waals surface area contributed by atoms with Crippen molar-refractivity contribution < 1.29 is 9.90 Å². The summed E-state index contributed by atoms with van der Waals surface area (Å²) in [5, 5.41) is 8.88. The van der Waals surface area contributed by atoms with Crippen molar-refractivity contribution in [1.82, 2.24) is 0 Å². The number of carboxylic acids is 1. The summed E-state index contributed by atoms with van der Waals surface area (Å²) in [5.74, 6) is -0.173. The van der Waals surface area contributed by atoms with Gasteiger partial charge in [-0.05, 0) is 37.1 Å². The third-order valence-corrected chi connectivity index (χ3v) is 3.49. The Balaban J connectivity index is 2.78. The van der Waals surface area contributed by atoms with Crippen LogP contribution in [-0.4, -0.2) is 24.2 Å². The lowest BCUT2D eigenvalue weighted by Gasteiger charge is -2.27. The third-order valence-electron chi connectivity index (χ3n) is 3.49. The molecule has 0 aliphatic heterocycles. The van der Waals surface area contributed by atoms with Crippen molar-refractivity contribution >= 4 is 11.7 Å². The van der Waals surface area contributed by atoms with E-state index in [1.165, 1.54) is 12.8 Å². The Kier molecular flexibility index (Phi) is 5.69. The van der Waals surface area contributed by atoms with Crippen LogP contribution in [0.1, 0.15) is 44.0 Å². The number of rotatable bonds is 7. The molecule has 1 aromatic rings. The number of anilines is 1. The van der Waals surface area contributed by atoms with Gasteiger partial charge in [-0.15, -0.1) is 0 Å². The highest BCUT2D eigenvalue weighted by atomic mass is 16.4. The van der Waals surface area contributed by atoms with E-state index in [0.29, 0.717) is 11.5 Å². The fourth-order valence-corrected chi connectivity index (χ4v) is 2.09. The van der Waals surface area contributed by atoms with Crippen molar-refractivity contribution in [2.24, 2.45) is 5.92 Å². The molecule has 3 nitrogen and oxygen atoms in total. The average Bonchev–Trinajstić information content (AvgIpc) is 2.40. The summed E-state index contributed by atoms with van der Waals surface area (Å²) in [7, 11) is 0. The molecule has 0 fully saturated rings. The fourth-order valence-electron chi connectivity index (χ4n) is 2.09. The maximum atomic E-state index is 10.8. The van der Waals surface area contributed by atoms with Gasteiger partial charge in [-0.2, -0.15) is 0 Å². The van der Waals surface area contributed by atoms with E-state index in [4.69, 9.17) is 5.11 Å². The summed E-state index contributed by atoms with van der Waals surface area (Å²) >= 11 is 0. The maximum Gasteiger partial charge on any atom is 0.335 e. The normalized spacial score (nSPS) is 10.7. The van der Waals surface area contributed by atoms with Gasteiger partial charge in [0.25, 0.3) is 0 Å². The van der Waals surface area contributed by atoms with Crippen LogP contribution in [0.5, 0.6) is 0 Å². The maximum absolute atomic E-state index is 10.8. The summed E-state index contributed by atoms with van der Waals surface area (Å²) in [5.41, 5.74) is 1.45. The molecule has 18 heavy (non-hydrogen) atoms. The molecule has 3 heteroatoms. The molecule has 0 atom stereocenters. The van der Waals surface area contributed by atoms with Crippen LogP contribution in [0.2, 0.25) is 0 Å². The van der Waals surface area contributed by atoms with E-state index >= 15 is 0 Å². The van der Waals surface area contributed by atoms with E-state index in [1.54, 1.807) is 12.1 Å². The molecule has 1 N–H and O–H groups in total. The highest BCUT2D eigenvalue weighted by molar-refractivity contribution is 5.88. The number of hydrogen-bond acceptors (Lipinski definition) is 2. The Bertz CT molecular complexity index is 369. The first kappa shape index (κ1) is 14.6. The second kappa shape index (κ2) is 7.04. The van der Waals surface area contributed by atoms with Crippen LogP contribution in [0, 0.1) is 5.92 Å². The SMILES string of the molecule is CCC(CC)CN(CC)c1ccc(C(=O)O)cc1. The Morgan fingerprint density at radius 1 is 1.17 bits per heavy atom. The van der Waals surface area contributed by atoms with Gasteiger partial charge in [-0.3, -0.25) is 0 Å². The van der Waals surface area contributed by atoms with Crippen LogP contribution in [-0.2, 0) is 0 Å². The van der Waals surface area contributed by atoms with Crippen molar-refractivity contribution in [3.8, 4) is 0 Å². The van der Waals surface area contributed by atoms with Crippen LogP contribution in [0.4, 0.5) is 5.69 Å². The van der Waals surface area contributed by atoms with E-state index in [2.05, 4.69) is 25.7 Å². The quantitative estimate of drug-likeness (QED) is 0.802. The van der Waals surface area contributed by atoms with Crippen LogP contribution in [0.25, 0.3) is 0 Å². The van der Waals surface area contributed by atoms with Crippen LogP contribution in [0.15, 0.2) is 24.3 Å². The molecule has 0 unspecified atom stereocenters. The van der Waals surface area contributed by atoms with Gasteiger partial charge in [0, 0.05) is 18.8 Å². The topological polar surface area (TPSA) is 40.5 Å². The summed E-state index contributed by atoms with van der Waals surface area (Å²) < 4.78 is 0. The Hall–Kier alpha value is -1.51. The predicted octanol–water partition coefficient (Wildman–Crippen LogP) is 3.65. The number of nitrogens with zero attached hydrogens (tertiary/aromatic N) is 1. The lowest BCUT2D eigenvalue weighted by molar-refractivity contribution is 0.0697. The molecule has 1 rings (SSSR count). The number of aromatic carboxylic acids is 1. The molecule has 1 aromatic carbocycles. The monoisotopic (exact) mass is 249 g/mol. The molecule has 0 heterocycles. The van der Waals surface area contributed by atoms with Gasteiger partial charge in [0.2, 0.25) is 0 Å². The zero-order chi connectivity index (χ0) is 13.5. The van der Waals surface area contributed by atoms with Crippen LogP contribution >= 0.6 is 0 Å². The summed E-state index contributed by atoms with van der Waals surface area (Å²) in [4.78, 5) is 13.1. The van der Waals surface area contributed by atoms with Crippen molar-refractivity contribution in [2.45, 2.75) is 33.6 Å². The number of carbonyl (C=O) groups is 1. The minimum absolute atomic E-state index is 0.345. The number of benzene rings is 1. The minimum atomic E-state index is -0.871. The molecule has 0 spiro atoms. The minimum Gasteiger partial charge on any atom is -0.478 e. The molecule has 100 valence electrons. The summed E-state index contributed by atoms with van der Waals surface area (Å²) in [6.07, 6.45) is 2.36. The molecule has 0 radical (unpaired) electrons. The van der Waals surface area contributed by atoms with E-state index in [-0.39, 0.29) is 0 Å². The summed E-state index contributed by atoms with van der Waals surface area (Å²) in [6.45, 7) is 8.55. The third kappa shape index (κ3) is 3.76. The second-order valence-corrected chi connectivity index (χ2v) is 4.57. The Morgan fingerprint density at radius 2 is 1.72 bits per heavy atom. The zero-order valence-electron chi connectivity index (χ0n) is 11.5. The summed E-state index contributed by atoms with van der Waals surface area (Å²) in [6, 6.07) is 7.14. The van der Waals surface area contributed by atoms with Crippen molar-refractivity contribution in [2.75, 3.05) is 18.0 Å². The Morgan fingerprint density at radius 3 is 2.11 bits per heavy atom. The fraction of sp³-hybridized carbons (Fsp3) is 0.533. The number of hydrogen-bond donors (Lipinski definition) is 1. The molecule has 0 amide bonds. The zero-order valence-corrected chi connectivity index (χ0v) is 11.5. The highest BCUT2D eigenvalue weighted by Crippen LogP contribution is 2.19. The van der Waals surface area contributed by atoms with E-state index in [1.807, 2.05) is 12.1 Å². The van der Waals surface area contributed by atoms with Gasteiger partial charge in [0.1, 0.15) is 0 Å². The lowest BCUT2D eigenvalue weighted by atomic mass is 10.0. The molecule has 0 aliphatic rings. The van der Waals surface area contributed by atoms with E-state index < -0.39 is 5.97 Å². The van der Waals surface area contributed by atoms with Crippen molar-refractivity contribution in [3.05, 3.63) is 29.8 Å².